The predicted octanol–water partition coefficient (Wildman–Crippen LogP) is 3.38. The van der Waals surface area contributed by atoms with Crippen molar-refractivity contribution in [2.24, 2.45) is 0 Å². The number of benzene rings is 2. The summed E-state index contributed by atoms with van der Waals surface area (Å²) < 4.78 is 10.7. The lowest BCUT2D eigenvalue weighted by molar-refractivity contribution is 0.0696. The van der Waals surface area contributed by atoms with Crippen molar-refractivity contribution >= 4 is 16.7 Å². The average molecular weight is 290 g/mol. The molecular formula is C16H18O5. The Balaban J connectivity index is 2.97. The molecule has 0 heterocycles. The zero-order valence-corrected chi connectivity index (χ0v) is 12.4. The van der Waals surface area contributed by atoms with E-state index in [2.05, 4.69) is 0 Å². The van der Waals surface area contributed by atoms with E-state index in [1.807, 2.05) is 13.8 Å². The smallest absolute Gasteiger partial charge is 0.335 e. The number of aromatic carboxylic acids is 1. The Labute approximate surface area is 122 Å². The van der Waals surface area contributed by atoms with Crippen LogP contribution in [0.4, 0.5) is 0 Å². The maximum atomic E-state index is 11.2. The molecule has 5 heteroatoms. The highest BCUT2D eigenvalue weighted by molar-refractivity contribution is 6.00. The fourth-order valence-electron chi connectivity index (χ4n) is 2.52. The molecule has 0 saturated carbocycles. The number of phenolic OH excluding ortho intramolecular Hbond substituents is 1. The van der Waals surface area contributed by atoms with Crippen LogP contribution in [-0.2, 0) is 0 Å². The fraction of sp³-hybridized carbons (Fsp3) is 0.312. The van der Waals surface area contributed by atoms with Crippen LogP contribution in [0.2, 0.25) is 0 Å². The van der Waals surface area contributed by atoms with Gasteiger partial charge in [0.05, 0.1) is 19.8 Å². The molecule has 2 aromatic carbocycles. The van der Waals surface area contributed by atoms with Gasteiger partial charge in [0.1, 0.15) is 5.75 Å². The molecule has 112 valence electrons. The van der Waals surface area contributed by atoms with E-state index in [9.17, 15) is 9.90 Å². The van der Waals surface area contributed by atoms with E-state index in [4.69, 9.17) is 14.6 Å². The molecule has 0 spiro atoms. The second-order valence-corrected chi connectivity index (χ2v) is 5.08. The third-order valence-corrected chi connectivity index (χ3v) is 3.44. The quantitative estimate of drug-likeness (QED) is 0.902. The molecule has 0 aliphatic carbocycles. The van der Waals surface area contributed by atoms with E-state index < -0.39 is 5.97 Å². The number of hydrogen-bond acceptors (Lipinski definition) is 4. The molecule has 2 aromatic rings. The largest absolute Gasteiger partial charge is 0.507 e. The summed E-state index contributed by atoms with van der Waals surface area (Å²) in [6, 6.07) is 4.44. The van der Waals surface area contributed by atoms with Crippen LogP contribution in [0, 0.1) is 0 Å². The first kappa shape index (κ1) is 15.0. The molecule has 0 unspecified atom stereocenters. The summed E-state index contributed by atoms with van der Waals surface area (Å²) in [6.07, 6.45) is 0. The molecule has 0 atom stereocenters. The molecule has 2 rings (SSSR count). The van der Waals surface area contributed by atoms with Crippen molar-refractivity contribution in [2.75, 3.05) is 14.2 Å². The molecule has 5 nitrogen and oxygen atoms in total. The predicted molar refractivity (Wildman–Crippen MR) is 79.8 cm³/mol. The Hall–Kier alpha value is -2.43. The van der Waals surface area contributed by atoms with Gasteiger partial charge in [0.15, 0.2) is 11.5 Å². The summed E-state index contributed by atoms with van der Waals surface area (Å²) in [5.41, 5.74) is 0.847. The van der Waals surface area contributed by atoms with Crippen LogP contribution in [0.5, 0.6) is 17.2 Å². The van der Waals surface area contributed by atoms with Crippen molar-refractivity contribution in [3.05, 3.63) is 29.3 Å². The molecular weight excluding hydrogens is 272 g/mol. The van der Waals surface area contributed by atoms with Crippen molar-refractivity contribution in [3.63, 3.8) is 0 Å². The summed E-state index contributed by atoms with van der Waals surface area (Å²) in [6.45, 7) is 3.95. The van der Waals surface area contributed by atoms with Gasteiger partial charge in [-0.05, 0) is 29.5 Å². The zero-order chi connectivity index (χ0) is 15.7. The number of carboxylic acids is 1. The number of hydrogen-bond donors (Lipinski definition) is 2. The number of carboxylic acid groups (broad SMARTS) is 1. The minimum absolute atomic E-state index is 0.0362. The van der Waals surface area contributed by atoms with Crippen LogP contribution >= 0.6 is 0 Å². The number of methoxy groups -OCH3 is 2. The van der Waals surface area contributed by atoms with Crippen LogP contribution in [0.15, 0.2) is 18.2 Å². The Bertz CT molecular complexity index is 704. The molecule has 0 radical (unpaired) electrons. The highest BCUT2D eigenvalue weighted by atomic mass is 16.5. The van der Waals surface area contributed by atoms with E-state index in [1.54, 1.807) is 12.1 Å². The van der Waals surface area contributed by atoms with Crippen molar-refractivity contribution < 1.29 is 24.5 Å². The second-order valence-electron chi connectivity index (χ2n) is 5.08. The van der Waals surface area contributed by atoms with Gasteiger partial charge >= 0.3 is 5.97 Å². The molecule has 0 aliphatic rings. The minimum atomic E-state index is -1.09. The number of aromatic hydroxyl groups is 1. The van der Waals surface area contributed by atoms with Crippen molar-refractivity contribution in [1.82, 2.24) is 0 Å². The van der Waals surface area contributed by atoms with Gasteiger partial charge < -0.3 is 19.7 Å². The van der Waals surface area contributed by atoms with Gasteiger partial charge in [-0.2, -0.15) is 0 Å². The van der Waals surface area contributed by atoms with Crippen molar-refractivity contribution in [2.45, 2.75) is 19.8 Å². The van der Waals surface area contributed by atoms with Crippen LogP contribution in [0.1, 0.15) is 35.7 Å². The SMILES string of the molecule is COc1cc2c(O)cc(C(=O)O)cc2c(C(C)C)c1OC. The Morgan fingerprint density at radius 3 is 2.24 bits per heavy atom. The summed E-state index contributed by atoms with van der Waals surface area (Å²) in [4.78, 5) is 11.2. The highest BCUT2D eigenvalue weighted by Gasteiger charge is 2.20. The Morgan fingerprint density at radius 2 is 1.76 bits per heavy atom. The average Bonchev–Trinajstić information content (AvgIpc) is 2.44. The molecule has 0 fully saturated rings. The number of fused-ring (bicyclic) bond motifs is 1. The summed E-state index contributed by atoms with van der Waals surface area (Å²) in [5.74, 6) is -0.0422. The third kappa shape index (κ3) is 2.46. The van der Waals surface area contributed by atoms with Gasteiger partial charge in [-0.25, -0.2) is 4.79 Å². The van der Waals surface area contributed by atoms with Crippen molar-refractivity contribution in [1.29, 1.82) is 0 Å². The van der Waals surface area contributed by atoms with E-state index in [0.717, 1.165) is 5.56 Å². The standard InChI is InChI=1S/C16H18O5/c1-8(2)14-11-5-9(16(18)19)6-12(17)10(11)7-13(20-3)15(14)21-4/h5-8,17H,1-4H3,(H,18,19). The normalized spacial score (nSPS) is 10.9. The van der Waals surface area contributed by atoms with Gasteiger partial charge in [0.25, 0.3) is 0 Å². The summed E-state index contributed by atoms with van der Waals surface area (Å²) in [7, 11) is 3.06. The molecule has 0 amide bonds. The van der Waals surface area contributed by atoms with E-state index in [-0.39, 0.29) is 17.2 Å². The molecule has 0 saturated heterocycles. The monoisotopic (exact) mass is 290 g/mol. The lowest BCUT2D eigenvalue weighted by atomic mass is 9.92. The van der Waals surface area contributed by atoms with Crippen LogP contribution < -0.4 is 9.47 Å². The molecule has 0 bridgehead atoms. The first-order valence-corrected chi connectivity index (χ1v) is 6.55. The van der Waals surface area contributed by atoms with Gasteiger partial charge in [-0.15, -0.1) is 0 Å². The van der Waals surface area contributed by atoms with E-state index in [0.29, 0.717) is 22.3 Å². The molecule has 0 aromatic heterocycles. The zero-order valence-electron chi connectivity index (χ0n) is 12.4. The van der Waals surface area contributed by atoms with Crippen LogP contribution in [0.25, 0.3) is 10.8 Å². The number of rotatable bonds is 4. The van der Waals surface area contributed by atoms with Gasteiger partial charge in [0, 0.05) is 10.9 Å². The molecule has 2 N–H and O–H groups in total. The Kier molecular flexibility index (Phi) is 3.93. The summed E-state index contributed by atoms with van der Waals surface area (Å²) >= 11 is 0. The van der Waals surface area contributed by atoms with Gasteiger partial charge in [0.2, 0.25) is 0 Å². The lowest BCUT2D eigenvalue weighted by Crippen LogP contribution is -2.02. The minimum Gasteiger partial charge on any atom is -0.507 e. The maximum Gasteiger partial charge on any atom is 0.335 e. The Morgan fingerprint density at radius 1 is 1.10 bits per heavy atom. The highest BCUT2D eigenvalue weighted by Crippen LogP contribution is 2.44. The topological polar surface area (TPSA) is 76.0 Å². The number of carbonyl (C=O) groups is 1. The first-order valence-electron chi connectivity index (χ1n) is 6.55. The van der Waals surface area contributed by atoms with Gasteiger partial charge in [-0.1, -0.05) is 13.8 Å². The van der Waals surface area contributed by atoms with Crippen molar-refractivity contribution in [3.8, 4) is 17.2 Å². The lowest BCUT2D eigenvalue weighted by Gasteiger charge is -2.19. The van der Waals surface area contributed by atoms with Crippen LogP contribution in [-0.4, -0.2) is 30.4 Å². The first-order chi connectivity index (χ1) is 9.90. The molecule has 21 heavy (non-hydrogen) atoms. The fourth-order valence-corrected chi connectivity index (χ4v) is 2.52. The summed E-state index contributed by atoms with van der Waals surface area (Å²) in [5, 5.41) is 20.5. The van der Waals surface area contributed by atoms with Gasteiger partial charge in [-0.3, -0.25) is 0 Å². The number of phenols is 1. The van der Waals surface area contributed by atoms with E-state index in [1.165, 1.54) is 20.3 Å². The van der Waals surface area contributed by atoms with E-state index >= 15 is 0 Å². The third-order valence-electron chi connectivity index (χ3n) is 3.44. The maximum absolute atomic E-state index is 11.2. The molecule has 0 aliphatic heterocycles. The second kappa shape index (κ2) is 5.52. The van der Waals surface area contributed by atoms with Crippen LogP contribution in [0.3, 0.4) is 0 Å². The number of ether oxygens (including phenoxy) is 2.